The minimum absolute atomic E-state index is 0.0205. The van der Waals surface area contributed by atoms with Crippen LogP contribution in [0.4, 0.5) is 4.79 Å². The monoisotopic (exact) mass is 428 g/mol. The van der Waals surface area contributed by atoms with Gasteiger partial charge in [0.15, 0.2) is 5.16 Å². The number of aromatic nitrogens is 4. The van der Waals surface area contributed by atoms with E-state index in [-0.39, 0.29) is 17.9 Å². The molecule has 3 aromatic rings. The molecule has 0 radical (unpaired) electrons. The van der Waals surface area contributed by atoms with Gasteiger partial charge in [0.05, 0.1) is 16.7 Å². The van der Waals surface area contributed by atoms with Gasteiger partial charge in [-0.1, -0.05) is 43.8 Å². The number of para-hydroxylation sites is 1. The van der Waals surface area contributed by atoms with Crippen molar-refractivity contribution in [3.8, 4) is 0 Å². The zero-order valence-electron chi connectivity index (χ0n) is 16.9. The van der Waals surface area contributed by atoms with Crippen molar-refractivity contribution in [2.45, 2.75) is 32.0 Å². The number of urea groups is 1. The Morgan fingerprint density at radius 2 is 2.03 bits per heavy atom. The first-order chi connectivity index (χ1) is 14.4. The molecule has 1 aromatic carbocycles. The van der Waals surface area contributed by atoms with Crippen LogP contribution in [0.3, 0.4) is 0 Å². The molecule has 0 fully saturated rings. The molecule has 2 heterocycles. The van der Waals surface area contributed by atoms with E-state index in [9.17, 15) is 14.4 Å². The zero-order chi connectivity index (χ0) is 21.7. The van der Waals surface area contributed by atoms with Crippen molar-refractivity contribution in [2.75, 3.05) is 12.3 Å². The van der Waals surface area contributed by atoms with E-state index in [1.165, 1.54) is 4.57 Å². The number of hydrogen-bond donors (Lipinski definition) is 2. The van der Waals surface area contributed by atoms with Crippen molar-refractivity contribution >= 4 is 40.4 Å². The maximum Gasteiger partial charge on any atom is 0.321 e. The van der Waals surface area contributed by atoms with Crippen LogP contribution < -0.4 is 16.2 Å². The van der Waals surface area contributed by atoms with Gasteiger partial charge in [-0.2, -0.15) is 0 Å². The number of imide groups is 1. The van der Waals surface area contributed by atoms with Gasteiger partial charge in [-0.05, 0) is 24.5 Å². The second-order valence-electron chi connectivity index (χ2n) is 7.11. The van der Waals surface area contributed by atoms with E-state index in [1.807, 2.05) is 6.07 Å². The first-order valence-corrected chi connectivity index (χ1v) is 10.6. The van der Waals surface area contributed by atoms with E-state index < -0.39 is 11.9 Å². The van der Waals surface area contributed by atoms with E-state index in [0.717, 1.165) is 18.2 Å². The molecule has 0 unspecified atom stereocenters. The van der Waals surface area contributed by atoms with Crippen LogP contribution in [0.2, 0.25) is 0 Å². The van der Waals surface area contributed by atoms with Crippen molar-refractivity contribution < 1.29 is 9.59 Å². The largest absolute Gasteiger partial charge is 0.338 e. The minimum Gasteiger partial charge on any atom is -0.338 e. The molecule has 0 aliphatic rings. The summed E-state index contributed by atoms with van der Waals surface area (Å²) in [6, 6.07) is 6.63. The lowest BCUT2D eigenvalue weighted by Crippen LogP contribution is -2.40. The maximum absolute atomic E-state index is 12.8. The summed E-state index contributed by atoms with van der Waals surface area (Å²) in [5.41, 5.74) is 0.468. The molecule has 2 aromatic heterocycles. The van der Waals surface area contributed by atoms with Crippen LogP contribution in [-0.2, 0) is 11.3 Å². The van der Waals surface area contributed by atoms with Gasteiger partial charge in [-0.3, -0.25) is 23.9 Å². The number of hydrogen-bond acceptors (Lipinski definition) is 6. The lowest BCUT2D eigenvalue weighted by molar-refractivity contribution is -0.117. The zero-order valence-corrected chi connectivity index (χ0v) is 17.7. The van der Waals surface area contributed by atoms with Crippen LogP contribution in [0.25, 0.3) is 16.7 Å². The summed E-state index contributed by atoms with van der Waals surface area (Å²) >= 11 is 1.14. The van der Waals surface area contributed by atoms with E-state index in [1.54, 1.807) is 28.7 Å². The summed E-state index contributed by atoms with van der Waals surface area (Å²) in [6.45, 7) is 8.60. The molecule has 0 saturated carbocycles. The summed E-state index contributed by atoms with van der Waals surface area (Å²) < 4.78 is 3.22. The molecule has 0 aliphatic carbocycles. The highest BCUT2D eigenvalue weighted by molar-refractivity contribution is 7.99. The van der Waals surface area contributed by atoms with Crippen LogP contribution in [-0.4, -0.2) is 43.4 Å². The highest BCUT2D eigenvalue weighted by Gasteiger charge is 2.17. The van der Waals surface area contributed by atoms with E-state index in [4.69, 9.17) is 0 Å². The quantitative estimate of drug-likeness (QED) is 0.420. The predicted molar refractivity (Wildman–Crippen MR) is 117 cm³/mol. The van der Waals surface area contributed by atoms with E-state index in [2.05, 4.69) is 41.3 Å². The van der Waals surface area contributed by atoms with Crippen LogP contribution in [0.5, 0.6) is 0 Å². The van der Waals surface area contributed by atoms with Gasteiger partial charge in [-0.15, -0.1) is 16.8 Å². The number of nitrogens with one attached hydrogen (secondary N) is 2. The van der Waals surface area contributed by atoms with Crippen molar-refractivity contribution in [2.24, 2.45) is 5.92 Å². The number of carbonyl (C=O) groups excluding carboxylic acids is 2. The topological polar surface area (TPSA) is 110 Å². The summed E-state index contributed by atoms with van der Waals surface area (Å²) in [5.74, 6) is 0.370. The standard InChI is InChI=1S/C20H24N6O3S/c1-4-11-25-17(28)14-7-5-6-8-15(14)26-19(25)23-24-20(26)30-12-16(27)22-18(29)21-10-9-13(2)3/h4-8,13H,1,9-12H2,2-3H3,(H2,21,22,27,29). The number of benzene rings is 1. The fourth-order valence-electron chi connectivity index (χ4n) is 2.93. The molecule has 158 valence electrons. The highest BCUT2D eigenvalue weighted by Crippen LogP contribution is 2.21. The Morgan fingerprint density at radius 1 is 1.27 bits per heavy atom. The Labute approximate surface area is 177 Å². The van der Waals surface area contributed by atoms with Gasteiger partial charge in [0.25, 0.3) is 5.56 Å². The lowest BCUT2D eigenvalue weighted by Gasteiger charge is -2.10. The molecule has 10 heteroatoms. The molecule has 30 heavy (non-hydrogen) atoms. The number of nitrogens with zero attached hydrogens (tertiary/aromatic N) is 4. The first-order valence-electron chi connectivity index (χ1n) is 9.60. The predicted octanol–water partition coefficient (Wildman–Crippen LogP) is 2.19. The average Bonchev–Trinajstić information content (AvgIpc) is 3.13. The second kappa shape index (κ2) is 9.57. The Balaban J connectivity index is 1.79. The maximum atomic E-state index is 12.8. The normalized spacial score (nSPS) is 11.2. The van der Waals surface area contributed by atoms with Gasteiger partial charge >= 0.3 is 6.03 Å². The Bertz CT molecular complexity index is 1150. The first kappa shape index (κ1) is 21.6. The summed E-state index contributed by atoms with van der Waals surface area (Å²) in [4.78, 5) is 36.7. The number of carbonyl (C=O) groups is 2. The van der Waals surface area contributed by atoms with Gasteiger partial charge in [0, 0.05) is 13.1 Å². The minimum atomic E-state index is -0.516. The molecule has 9 nitrogen and oxygen atoms in total. The van der Waals surface area contributed by atoms with Crippen LogP contribution >= 0.6 is 11.8 Å². The van der Waals surface area contributed by atoms with Gasteiger partial charge < -0.3 is 5.32 Å². The number of rotatable bonds is 8. The highest BCUT2D eigenvalue weighted by atomic mass is 32.2. The third kappa shape index (κ3) is 4.70. The molecule has 0 spiro atoms. The third-order valence-electron chi connectivity index (χ3n) is 4.38. The number of thioether (sulfide) groups is 1. The van der Waals surface area contributed by atoms with Crippen molar-refractivity contribution in [3.05, 3.63) is 47.3 Å². The molecule has 0 aliphatic heterocycles. The summed E-state index contributed by atoms with van der Waals surface area (Å²) in [6.07, 6.45) is 2.45. The molecule has 0 saturated heterocycles. The Hall–Kier alpha value is -3.14. The summed E-state index contributed by atoms with van der Waals surface area (Å²) in [5, 5.41) is 14.2. The molecular formula is C20H24N6O3S. The fraction of sp³-hybridized carbons (Fsp3) is 0.350. The SMILES string of the molecule is C=CCn1c(=O)c2ccccc2n2c(SCC(=O)NC(=O)NCCC(C)C)nnc12. The Kier molecular flexibility index (Phi) is 6.88. The van der Waals surface area contributed by atoms with E-state index in [0.29, 0.717) is 34.3 Å². The van der Waals surface area contributed by atoms with E-state index >= 15 is 0 Å². The van der Waals surface area contributed by atoms with Crippen molar-refractivity contribution in [3.63, 3.8) is 0 Å². The van der Waals surface area contributed by atoms with Crippen LogP contribution in [0.1, 0.15) is 20.3 Å². The second-order valence-corrected chi connectivity index (χ2v) is 8.06. The Morgan fingerprint density at radius 3 is 2.77 bits per heavy atom. The molecular weight excluding hydrogens is 404 g/mol. The molecule has 0 atom stereocenters. The fourth-order valence-corrected chi connectivity index (χ4v) is 3.67. The molecule has 0 bridgehead atoms. The van der Waals surface area contributed by atoms with Crippen molar-refractivity contribution in [1.82, 2.24) is 29.8 Å². The van der Waals surface area contributed by atoms with Crippen molar-refractivity contribution in [1.29, 1.82) is 0 Å². The van der Waals surface area contributed by atoms with Crippen LogP contribution in [0, 0.1) is 5.92 Å². The lowest BCUT2D eigenvalue weighted by atomic mass is 10.1. The number of amides is 3. The molecule has 3 rings (SSSR count). The smallest absolute Gasteiger partial charge is 0.321 e. The third-order valence-corrected chi connectivity index (χ3v) is 5.31. The number of fused-ring (bicyclic) bond motifs is 3. The van der Waals surface area contributed by atoms with Crippen LogP contribution in [0.15, 0.2) is 46.9 Å². The number of allylic oxidation sites excluding steroid dienone is 1. The van der Waals surface area contributed by atoms with Gasteiger partial charge in [-0.25, -0.2) is 4.79 Å². The molecule has 3 amide bonds. The molecule has 2 N–H and O–H groups in total. The average molecular weight is 429 g/mol. The van der Waals surface area contributed by atoms with Gasteiger partial charge in [0.1, 0.15) is 0 Å². The van der Waals surface area contributed by atoms with Gasteiger partial charge in [0.2, 0.25) is 11.7 Å². The summed E-state index contributed by atoms with van der Waals surface area (Å²) in [7, 11) is 0.